The van der Waals surface area contributed by atoms with Gasteiger partial charge in [0.05, 0.1) is 0 Å². The number of alkyl halides is 4. The van der Waals surface area contributed by atoms with Gasteiger partial charge in [0.25, 0.3) is 0 Å². The topological polar surface area (TPSA) is 26.3 Å². The van der Waals surface area contributed by atoms with Crippen molar-refractivity contribution in [2.24, 2.45) is 0 Å². The van der Waals surface area contributed by atoms with E-state index in [2.05, 4.69) is 4.74 Å². The first kappa shape index (κ1) is 13.8. The van der Waals surface area contributed by atoms with Crippen LogP contribution in [0.15, 0.2) is 18.2 Å². The van der Waals surface area contributed by atoms with Gasteiger partial charge >= 0.3 is 6.36 Å². The van der Waals surface area contributed by atoms with Crippen molar-refractivity contribution in [3.8, 4) is 5.75 Å². The Morgan fingerprint density at radius 1 is 1.41 bits per heavy atom. The second-order valence-corrected chi connectivity index (χ2v) is 4.00. The number of ketones is 1. The van der Waals surface area contributed by atoms with E-state index in [9.17, 15) is 18.0 Å². The summed E-state index contributed by atoms with van der Waals surface area (Å²) >= 11 is 5.75. The van der Waals surface area contributed by atoms with Gasteiger partial charge in [-0.2, -0.15) is 0 Å². The Hall–Kier alpha value is -1.23. The highest BCUT2D eigenvalue weighted by atomic mass is 35.5. The Morgan fingerprint density at radius 2 is 2.00 bits per heavy atom. The second kappa shape index (κ2) is 4.96. The lowest BCUT2D eigenvalue weighted by atomic mass is 10.1. The fourth-order valence-corrected chi connectivity index (χ4v) is 1.47. The molecule has 0 amide bonds. The zero-order valence-corrected chi connectivity index (χ0v) is 9.89. The third-order valence-corrected chi connectivity index (χ3v) is 2.56. The summed E-state index contributed by atoms with van der Waals surface area (Å²) in [6.07, 6.45) is -4.81. The van der Waals surface area contributed by atoms with Crippen LogP contribution in [-0.2, 0) is 4.79 Å². The first-order valence-electron chi connectivity index (χ1n) is 4.71. The number of rotatable bonds is 3. The Labute approximate surface area is 101 Å². The highest BCUT2D eigenvalue weighted by molar-refractivity contribution is 6.31. The average Bonchev–Trinajstić information content (AvgIpc) is 2.17. The van der Waals surface area contributed by atoms with Crippen LogP contribution in [0.5, 0.6) is 5.75 Å². The predicted molar refractivity (Wildman–Crippen MR) is 57.1 cm³/mol. The van der Waals surface area contributed by atoms with Crippen molar-refractivity contribution in [3.05, 3.63) is 29.3 Å². The number of ether oxygens (including phenoxy) is 1. The number of halogens is 4. The highest BCUT2D eigenvalue weighted by Crippen LogP contribution is 2.34. The van der Waals surface area contributed by atoms with Crippen LogP contribution in [0.3, 0.4) is 0 Å². The fourth-order valence-electron chi connectivity index (χ4n) is 1.30. The minimum atomic E-state index is -4.81. The molecule has 0 radical (unpaired) electrons. The van der Waals surface area contributed by atoms with Crippen molar-refractivity contribution in [1.29, 1.82) is 0 Å². The average molecular weight is 267 g/mol. The molecular weight excluding hydrogens is 257 g/mol. The molecule has 0 bridgehead atoms. The zero-order valence-electron chi connectivity index (χ0n) is 9.14. The van der Waals surface area contributed by atoms with Crippen LogP contribution < -0.4 is 4.74 Å². The zero-order chi connectivity index (χ0) is 13.2. The van der Waals surface area contributed by atoms with E-state index in [0.717, 1.165) is 6.07 Å². The first-order chi connectivity index (χ1) is 7.70. The monoisotopic (exact) mass is 266 g/mol. The van der Waals surface area contributed by atoms with E-state index in [1.165, 1.54) is 19.1 Å². The number of Topliss-reactive ketones (excluding diaryl/α,β-unsaturated/α-hetero) is 1. The molecule has 0 saturated carbocycles. The molecule has 1 aromatic rings. The molecule has 0 aliphatic heterocycles. The lowest BCUT2D eigenvalue weighted by Gasteiger charge is -2.15. The number of aryl methyl sites for hydroxylation is 1. The lowest BCUT2D eigenvalue weighted by Crippen LogP contribution is -2.19. The summed E-state index contributed by atoms with van der Waals surface area (Å²) in [5.74, 6) is -0.886. The summed E-state index contributed by atoms with van der Waals surface area (Å²) in [4.78, 5) is 11.1. The molecule has 0 aliphatic rings. The van der Waals surface area contributed by atoms with Gasteiger partial charge in [-0.1, -0.05) is 17.7 Å². The van der Waals surface area contributed by atoms with Gasteiger partial charge in [0, 0.05) is 5.56 Å². The molecule has 1 aromatic carbocycles. The predicted octanol–water partition coefficient (Wildman–Crippen LogP) is 3.76. The van der Waals surface area contributed by atoms with Crippen molar-refractivity contribution < 1.29 is 22.7 Å². The molecule has 0 heterocycles. The largest absolute Gasteiger partial charge is 0.573 e. The number of hydrogen-bond acceptors (Lipinski definition) is 2. The lowest BCUT2D eigenvalue weighted by molar-refractivity contribution is -0.274. The van der Waals surface area contributed by atoms with Crippen LogP contribution in [0.2, 0.25) is 0 Å². The number of carbonyl (C=O) groups excluding carboxylic acids is 1. The molecule has 0 N–H and O–H groups in total. The molecule has 0 saturated heterocycles. The van der Waals surface area contributed by atoms with E-state index in [-0.39, 0.29) is 5.56 Å². The van der Waals surface area contributed by atoms with Gasteiger partial charge in [0.15, 0.2) is 5.78 Å². The van der Waals surface area contributed by atoms with E-state index in [1.54, 1.807) is 6.92 Å². The van der Waals surface area contributed by atoms with Gasteiger partial charge < -0.3 is 4.74 Å². The van der Waals surface area contributed by atoms with Gasteiger partial charge in [-0.15, -0.1) is 24.8 Å². The third kappa shape index (κ3) is 3.93. The van der Waals surface area contributed by atoms with Gasteiger partial charge in [-0.3, -0.25) is 4.79 Å². The summed E-state index contributed by atoms with van der Waals surface area (Å²) in [7, 11) is 0. The molecular formula is C11H10ClF3O2. The highest BCUT2D eigenvalue weighted by Gasteiger charge is 2.33. The first-order valence-corrected chi connectivity index (χ1v) is 5.15. The molecule has 1 atom stereocenters. The van der Waals surface area contributed by atoms with E-state index in [1.807, 2.05) is 0 Å². The van der Waals surface area contributed by atoms with Crippen LogP contribution in [0.1, 0.15) is 23.4 Å². The van der Waals surface area contributed by atoms with Crippen molar-refractivity contribution >= 4 is 17.4 Å². The van der Waals surface area contributed by atoms with Gasteiger partial charge in [-0.05, 0) is 19.9 Å². The molecule has 0 spiro atoms. The Morgan fingerprint density at radius 3 is 2.47 bits per heavy atom. The maximum atomic E-state index is 12.1. The summed E-state index contributed by atoms with van der Waals surface area (Å²) in [6, 6.07) is 4.00. The van der Waals surface area contributed by atoms with Crippen molar-refractivity contribution in [1.82, 2.24) is 0 Å². The van der Waals surface area contributed by atoms with Crippen molar-refractivity contribution in [3.63, 3.8) is 0 Å². The molecule has 94 valence electrons. The Balaban J connectivity index is 3.17. The maximum absolute atomic E-state index is 12.1. The van der Waals surface area contributed by atoms with Gasteiger partial charge in [0.2, 0.25) is 0 Å². The van der Waals surface area contributed by atoms with E-state index in [4.69, 9.17) is 11.6 Å². The Kier molecular flexibility index (Phi) is 4.03. The summed E-state index contributed by atoms with van der Waals surface area (Å²) in [5.41, 5.74) is 0.720. The fraction of sp³-hybridized carbons (Fsp3) is 0.364. The van der Waals surface area contributed by atoms with E-state index in [0.29, 0.717) is 5.56 Å². The molecule has 6 heteroatoms. The number of hydrogen-bond donors (Lipinski definition) is 0. The molecule has 2 nitrogen and oxygen atoms in total. The molecule has 0 aliphatic carbocycles. The number of carbonyl (C=O) groups is 1. The quantitative estimate of drug-likeness (QED) is 0.779. The summed E-state index contributed by atoms with van der Waals surface area (Å²) in [5, 5.41) is -1.15. The molecule has 0 aromatic heterocycles. The smallest absolute Gasteiger partial charge is 0.405 e. The van der Waals surface area contributed by atoms with Gasteiger partial charge in [0.1, 0.15) is 11.1 Å². The molecule has 17 heavy (non-hydrogen) atoms. The molecule has 1 unspecified atom stereocenters. The molecule has 1 rings (SSSR count). The Bertz CT molecular complexity index is 429. The summed E-state index contributed by atoms with van der Waals surface area (Å²) in [6.45, 7) is 2.89. The van der Waals surface area contributed by atoms with Crippen LogP contribution in [0, 0.1) is 6.92 Å². The van der Waals surface area contributed by atoms with Crippen molar-refractivity contribution in [2.75, 3.05) is 0 Å². The molecule has 0 fully saturated rings. The standard InChI is InChI=1S/C11H10ClF3O2/c1-6-3-4-9(17-11(13,14)15)8(5-6)10(12)7(2)16/h3-5,10H,1-2H3. The second-order valence-electron chi connectivity index (χ2n) is 3.56. The normalized spacial score (nSPS) is 13.3. The summed E-state index contributed by atoms with van der Waals surface area (Å²) < 4.78 is 40.2. The van der Waals surface area contributed by atoms with Crippen LogP contribution in [0.4, 0.5) is 13.2 Å². The van der Waals surface area contributed by atoms with Crippen molar-refractivity contribution in [2.45, 2.75) is 25.6 Å². The minimum Gasteiger partial charge on any atom is -0.405 e. The third-order valence-electron chi connectivity index (χ3n) is 2.02. The SMILES string of the molecule is CC(=O)C(Cl)c1cc(C)ccc1OC(F)(F)F. The van der Waals surface area contributed by atoms with Crippen LogP contribution in [-0.4, -0.2) is 12.1 Å². The van der Waals surface area contributed by atoms with Gasteiger partial charge in [-0.25, -0.2) is 0 Å². The minimum absolute atomic E-state index is 0.0245. The maximum Gasteiger partial charge on any atom is 0.573 e. The van der Waals surface area contributed by atoms with Crippen LogP contribution >= 0.6 is 11.6 Å². The van der Waals surface area contributed by atoms with E-state index < -0.39 is 23.3 Å². The van der Waals surface area contributed by atoms with E-state index >= 15 is 0 Å². The number of benzene rings is 1. The van der Waals surface area contributed by atoms with Crippen LogP contribution in [0.25, 0.3) is 0 Å².